The van der Waals surface area contributed by atoms with E-state index < -0.39 is 34.9 Å². The van der Waals surface area contributed by atoms with E-state index in [0.717, 1.165) is 10.5 Å². The molecule has 0 unspecified atom stereocenters. The number of para-hydroxylation sites is 1. The average Bonchev–Trinajstić information content (AvgIpc) is 3.13. The number of imide groups is 1. The van der Waals surface area contributed by atoms with Gasteiger partial charge >= 0.3 is 12.1 Å². The molecule has 0 radical (unpaired) electrons. The van der Waals surface area contributed by atoms with E-state index in [1.165, 1.54) is 7.11 Å². The summed E-state index contributed by atoms with van der Waals surface area (Å²) in [6.07, 6.45) is -0.783. The van der Waals surface area contributed by atoms with Crippen LogP contribution in [0.2, 0.25) is 0 Å². The first-order valence-electron chi connectivity index (χ1n) is 12.1. The van der Waals surface area contributed by atoms with E-state index in [4.69, 9.17) is 9.47 Å². The maximum absolute atomic E-state index is 14.7. The Bertz CT molecular complexity index is 1350. The molecule has 0 saturated heterocycles. The van der Waals surface area contributed by atoms with Gasteiger partial charge < -0.3 is 9.47 Å². The lowest BCUT2D eigenvalue weighted by Crippen LogP contribution is -2.49. The molecule has 0 bridgehead atoms. The van der Waals surface area contributed by atoms with Crippen molar-refractivity contribution in [2.24, 2.45) is 0 Å². The highest BCUT2D eigenvalue weighted by molar-refractivity contribution is 6.23. The van der Waals surface area contributed by atoms with Crippen molar-refractivity contribution >= 4 is 23.7 Å². The molecule has 2 amide bonds. The zero-order valence-electron chi connectivity index (χ0n) is 21.8. The molecule has 3 aromatic carbocycles. The second-order valence-corrected chi connectivity index (χ2v) is 10.2. The molecule has 0 fully saturated rings. The van der Waals surface area contributed by atoms with Crippen LogP contribution >= 0.6 is 0 Å². The van der Waals surface area contributed by atoms with Crippen LogP contribution in [-0.2, 0) is 24.5 Å². The number of fused-ring (bicyclic) bond motifs is 1. The topological polar surface area (TPSA) is 72.9 Å². The van der Waals surface area contributed by atoms with Crippen molar-refractivity contribution in [3.8, 4) is 0 Å². The standard InChI is InChI=1S/C31H31NO5/c1-20-16-18-22(19-17-20)26(21(2)27(33)36-6)31(23-12-8-7-9-13-23)24-14-10-11-15-25(24)32(28(31)34)29(35)37-30(3,4)5/h7-19,26H,2H2,1,3-6H3/t26-,31-/m0/s1. The minimum Gasteiger partial charge on any atom is -0.466 e. The Labute approximate surface area is 217 Å². The van der Waals surface area contributed by atoms with E-state index in [-0.39, 0.29) is 5.57 Å². The number of aryl methyl sites for hydroxylation is 1. The van der Waals surface area contributed by atoms with Gasteiger partial charge in [0.25, 0.3) is 5.91 Å². The molecule has 1 heterocycles. The number of nitrogens with zero attached hydrogens (tertiary/aromatic N) is 1. The van der Waals surface area contributed by atoms with Gasteiger partial charge in [0.2, 0.25) is 0 Å². The van der Waals surface area contributed by atoms with Crippen molar-refractivity contribution in [3.05, 3.63) is 113 Å². The predicted octanol–water partition coefficient (Wildman–Crippen LogP) is 6.08. The number of esters is 1. The van der Waals surface area contributed by atoms with Crippen molar-refractivity contribution in [1.82, 2.24) is 0 Å². The van der Waals surface area contributed by atoms with Gasteiger partial charge in [-0.05, 0) is 50.5 Å². The molecule has 0 aromatic heterocycles. The smallest absolute Gasteiger partial charge is 0.421 e. The van der Waals surface area contributed by atoms with Crippen molar-refractivity contribution in [2.45, 2.75) is 44.6 Å². The minimum atomic E-state index is -1.49. The van der Waals surface area contributed by atoms with Crippen LogP contribution in [0.5, 0.6) is 0 Å². The van der Waals surface area contributed by atoms with E-state index in [1.54, 1.807) is 32.9 Å². The Kier molecular flexibility index (Phi) is 6.78. The van der Waals surface area contributed by atoms with Crippen molar-refractivity contribution in [2.75, 3.05) is 12.0 Å². The normalized spacial score (nSPS) is 17.6. The Balaban J connectivity index is 2.09. The van der Waals surface area contributed by atoms with E-state index in [1.807, 2.05) is 73.7 Å². The molecule has 6 heteroatoms. The maximum Gasteiger partial charge on any atom is 0.421 e. The zero-order valence-corrected chi connectivity index (χ0v) is 21.8. The molecule has 190 valence electrons. The van der Waals surface area contributed by atoms with Gasteiger partial charge in [-0.2, -0.15) is 0 Å². The number of benzene rings is 3. The van der Waals surface area contributed by atoms with E-state index >= 15 is 0 Å². The van der Waals surface area contributed by atoms with Crippen molar-refractivity contribution in [3.63, 3.8) is 0 Å². The van der Waals surface area contributed by atoms with Gasteiger partial charge in [-0.3, -0.25) is 4.79 Å². The zero-order chi connectivity index (χ0) is 27.0. The molecule has 0 N–H and O–H groups in total. The Morgan fingerprint density at radius 2 is 1.51 bits per heavy atom. The van der Waals surface area contributed by atoms with E-state index in [2.05, 4.69) is 6.58 Å². The molecule has 0 saturated carbocycles. The van der Waals surface area contributed by atoms with Crippen molar-refractivity contribution in [1.29, 1.82) is 0 Å². The third-order valence-electron chi connectivity index (χ3n) is 6.56. The third-order valence-corrected chi connectivity index (χ3v) is 6.56. The largest absolute Gasteiger partial charge is 0.466 e. The van der Waals surface area contributed by atoms with Crippen LogP contribution in [0, 0.1) is 6.92 Å². The Hall–Kier alpha value is -4.19. The highest BCUT2D eigenvalue weighted by Gasteiger charge is 2.60. The van der Waals surface area contributed by atoms with Crippen LogP contribution in [-0.4, -0.2) is 30.7 Å². The summed E-state index contributed by atoms with van der Waals surface area (Å²) in [6, 6.07) is 23.9. The number of carbonyl (C=O) groups is 3. The van der Waals surface area contributed by atoms with Crippen LogP contribution in [0.1, 0.15) is 48.9 Å². The summed E-state index contributed by atoms with van der Waals surface area (Å²) in [5.74, 6) is -2.03. The second-order valence-electron chi connectivity index (χ2n) is 10.2. The molecular formula is C31H31NO5. The van der Waals surface area contributed by atoms with Gasteiger partial charge in [-0.25, -0.2) is 14.5 Å². The van der Waals surface area contributed by atoms with Gasteiger partial charge in [0.1, 0.15) is 11.0 Å². The number of hydrogen-bond acceptors (Lipinski definition) is 5. The summed E-state index contributed by atoms with van der Waals surface area (Å²) >= 11 is 0. The van der Waals surface area contributed by atoms with Gasteiger partial charge in [-0.1, -0.05) is 84.9 Å². The van der Waals surface area contributed by atoms with Crippen molar-refractivity contribution < 1.29 is 23.9 Å². The fraction of sp³-hybridized carbons (Fsp3) is 0.258. The summed E-state index contributed by atoms with van der Waals surface area (Å²) in [6.45, 7) is 11.3. The van der Waals surface area contributed by atoms with Crippen LogP contribution in [0.3, 0.4) is 0 Å². The Morgan fingerprint density at radius 3 is 2.11 bits per heavy atom. The second kappa shape index (κ2) is 9.69. The molecule has 2 atom stereocenters. The van der Waals surface area contributed by atoms with Gasteiger partial charge in [-0.15, -0.1) is 0 Å². The van der Waals surface area contributed by atoms with Crippen LogP contribution in [0.25, 0.3) is 0 Å². The maximum atomic E-state index is 14.7. The predicted molar refractivity (Wildman–Crippen MR) is 142 cm³/mol. The molecule has 1 aliphatic rings. The van der Waals surface area contributed by atoms with Gasteiger partial charge in [0.15, 0.2) is 0 Å². The highest BCUT2D eigenvalue weighted by Crippen LogP contribution is 2.56. The minimum absolute atomic E-state index is 0.101. The quantitative estimate of drug-likeness (QED) is 0.316. The first-order chi connectivity index (χ1) is 17.5. The molecule has 1 aliphatic heterocycles. The number of ether oxygens (including phenoxy) is 2. The summed E-state index contributed by atoms with van der Waals surface area (Å²) in [5.41, 5.74) is 1.10. The van der Waals surface area contributed by atoms with Crippen LogP contribution in [0.4, 0.5) is 10.5 Å². The number of amides is 2. The summed E-state index contributed by atoms with van der Waals surface area (Å²) in [7, 11) is 1.28. The van der Waals surface area contributed by atoms with Crippen LogP contribution in [0.15, 0.2) is 91.0 Å². The molecule has 4 rings (SSSR count). The Morgan fingerprint density at radius 1 is 0.919 bits per heavy atom. The first kappa shape index (κ1) is 25.9. The fourth-order valence-electron chi connectivity index (χ4n) is 5.04. The third kappa shape index (κ3) is 4.44. The lowest BCUT2D eigenvalue weighted by atomic mass is 9.61. The molecule has 37 heavy (non-hydrogen) atoms. The molecule has 6 nitrogen and oxygen atoms in total. The first-order valence-corrected chi connectivity index (χ1v) is 12.1. The summed E-state index contributed by atoms with van der Waals surface area (Å²) in [4.78, 5) is 42.3. The molecular weight excluding hydrogens is 466 g/mol. The van der Waals surface area contributed by atoms with E-state index in [9.17, 15) is 14.4 Å². The van der Waals surface area contributed by atoms with Gasteiger partial charge in [0, 0.05) is 11.5 Å². The molecule has 0 spiro atoms. The van der Waals surface area contributed by atoms with E-state index in [0.29, 0.717) is 22.4 Å². The lowest BCUT2D eigenvalue weighted by Gasteiger charge is -2.38. The number of methoxy groups -OCH3 is 1. The number of rotatable bonds is 5. The number of anilines is 1. The monoisotopic (exact) mass is 497 g/mol. The van der Waals surface area contributed by atoms with Crippen LogP contribution < -0.4 is 4.90 Å². The SMILES string of the molecule is C=C(C(=O)OC)[C@@H](c1ccc(C)cc1)[C@@]1(c2ccccc2)C(=O)N(C(=O)OC(C)(C)C)c2ccccc21. The molecule has 3 aromatic rings. The highest BCUT2D eigenvalue weighted by atomic mass is 16.6. The molecule has 0 aliphatic carbocycles. The number of hydrogen-bond donors (Lipinski definition) is 0. The fourth-order valence-corrected chi connectivity index (χ4v) is 5.04. The summed E-state index contributed by atoms with van der Waals surface area (Å²) in [5, 5.41) is 0. The lowest BCUT2D eigenvalue weighted by molar-refractivity contribution is -0.136. The number of carbonyl (C=O) groups excluding carboxylic acids is 3. The van der Waals surface area contributed by atoms with Gasteiger partial charge in [0.05, 0.1) is 12.8 Å². The average molecular weight is 498 g/mol. The summed E-state index contributed by atoms with van der Waals surface area (Å²) < 4.78 is 10.7.